The van der Waals surface area contributed by atoms with Crippen LogP contribution in [0.5, 0.6) is 0 Å². The number of thiophene rings is 1. The molecule has 1 heterocycles. The molecule has 0 aliphatic rings. The van der Waals surface area contributed by atoms with Crippen molar-refractivity contribution < 1.29 is 13.2 Å². The fraction of sp³-hybridized carbons (Fsp3) is 0.353. The van der Waals surface area contributed by atoms with Gasteiger partial charge in [-0.2, -0.15) is 0 Å². The smallest absolute Gasteiger partial charge is 0.242 e. The van der Waals surface area contributed by atoms with E-state index < -0.39 is 10.0 Å². The van der Waals surface area contributed by atoms with Crippen LogP contribution >= 0.6 is 11.3 Å². The van der Waals surface area contributed by atoms with Gasteiger partial charge in [0, 0.05) is 25.4 Å². The van der Waals surface area contributed by atoms with Crippen molar-refractivity contribution in [2.24, 2.45) is 0 Å². The monoisotopic (exact) mass is 366 g/mol. The van der Waals surface area contributed by atoms with Crippen molar-refractivity contribution in [1.82, 2.24) is 9.62 Å². The lowest BCUT2D eigenvalue weighted by atomic mass is 10.1. The number of hydrogen-bond acceptors (Lipinski definition) is 4. The van der Waals surface area contributed by atoms with E-state index in [4.69, 9.17) is 0 Å². The van der Waals surface area contributed by atoms with Crippen LogP contribution in [0.2, 0.25) is 0 Å². The highest BCUT2D eigenvalue weighted by Crippen LogP contribution is 2.18. The van der Waals surface area contributed by atoms with Crippen LogP contribution in [0.3, 0.4) is 0 Å². The summed E-state index contributed by atoms with van der Waals surface area (Å²) >= 11 is 1.65. The average molecular weight is 367 g/mol. The molecule has 1 atom stereocenters. The fourth-order valence-electron chi connectivity index (χ4n) is 2.23. The first-order chi connectivity index (χ1) is 11.3. The van der Waals surface area contributed by atoms with Crippen LogP contribution in [0.1, 0.15) is 29.8 Å². The van der Waals surface area contributed by atoms with Crippen LogP contribution in [0.25, 0.3) is 0 Å². The van der Waals surface area contributed by atoms with E-state index in [1.165, 1.54) is 23.3 Å². The van der Waals surface area contributed by atoms with E-state index in [0.29, 0.717) is 6.42 Å². The van der Waals surface area contributed by atoms with Gasteiger partial charge in [-0.25, -0.2) is 12.7 Å². The molecule has 1 N–H and O–H groups in total. The maximum absolute atomic E-state index is 12.0. The predicted octanol–water partition coefficient (Wildman–Crippen LogP) is 2.81. The Kier molecular flexibility index (Phi) is 6.15. The molecule has 1 aromatic heterocycles. The lowest BCUT2D eigenvalue weighted by Crippen LogP contribution is -2.27. The Labute approximate surface area is 147 Å². The van der Waals surface area contributed by atoms with Crippen LogP contribution in [0.4, 0.5) is 0 Å². The number of carbonyl (C=O) groups excluding carboxylic acids is 1. The van der Waals surface area contributed by atoms with Gasteiger partial charge in [-0.3, -0.25) is 4.79 Å². The van der Waals surface area contributed by atoms with Crippen molar-refractivity contribution >= 4 is 27.3 Å². The van der Waals surface area contributed by atoms with Crippen molar-refractivity contribution in [1.29, 1.82) is 0 Å². The molecule has 1 amide bonds. The summed E-state index contributed by atoms with van der Waals surface area (Å²) in [5.74, 6) is -0.0131. The van der Waals surface area contributed by atoms with Gasteiger partial charge in [0.25, 0.3) is 0 Å². The first kappa shape index (κ1) is 18.6. The van der Waals surface area contributed by atoms with E-state index in [2.05, 4.69) is 5.32 Å². The molecule has 5 nitrogen and oxygen atoms in total. The van der Waals surface area contributed by atoms with Gasteiger partial charge in [0.2, 0.25) is 15.9 Å². The van der Waals surface area contributed by atoms with Crippen LogP contribution in [0, 0.1) is 0 Å². The Morgan fingerprint density at radius 1 is 1.21 bits per heavy atom. The molecule has 24 heavy (non-hydrogen) atoms. The third-order valence-corrected chi connectivity index (χ3v) is 6.48. The molecule has 0 aliphatic heterocycles. The second-order valence-electron chi connectivity index (χ2n) is 5.73. The molecule has 130 valence electrons. The summed E-state index contributed by atoms with van der Waals surface area (Å²) in [7, 11) is -0.430. The first-order valence-corrected chi connectivity index (χ1v) is 9.97. The van der Waals surface area contributed by atoms with E-state index in [9.17, 15) is 13.2 Å². The van der Waals surface area contributed by atoms with Crippen LogP contribution in [-0.4, -0.2) is 32.7 Å². The summed E-state index contributed by atoms with van der Waals surface area (Å²) in [6, 6.07) is 10.4. The number of nitrogens with one attached hydrogen (secondary N) is 1. The molecule has 7 heteroatoms. The third-order valence-electron chi connectivity index (χ3n) is 3.71. The van der Waals surface area contributed by atoms with Gasteiger partial charge in [0.05, 0.1) is 10.9 Å². The zero-order valence-electron chi connectivity index (χ0n) is 14.0. The highest BCUT2D eigenvalue weighted by atomic mass is 32.2. The third kappa shape index (κ3) is 4.66. The Hall–Kier alpha value is -1.70. The number of benzene rings is 1. The lowest BCUT2D eigenvalue weighted by Gasteiger charge is -2.16. The minimum absolute atomic E-state index is 0.0131. The van der Waals surface area contributed by atoms with E-state index in [-0.39, 0.29) is 16.8 Å². The minimum Gasteiger partial charge on any atom is -0.350 e. The van der Waals surface area contributed by atoms with E-state index in [0.717, 1.165) is 12.0 Å². The van der Waals surface area contributed by atoms with Crippen LogP contribution < -0.4 is 5.32 Å². The molecule has 2 rings (SSSR count). The van der Waals surface area contributed by atoms with E-state index in [1.807, 2.05) is 24.4 Å². The van der Waals surface area contributed by atoms with Crippen molar-refractivity contribution in [2.75, 3.05) is 14.1 Å². The normalized spacial score (nSPS) is 13.0. The summed E-state index contributed by atoms with van der Waals surface area (Å²) in [4.78, 5) is 13.5. The van der Waals surface area contributed by atoms with Crippen molar-refractivity contribution in [3.05, 3.63) is 52.2 Å². The molecule has 0 saturated heterocycles. The molecule has 2 aromatic rings. The summed E-state index contributed by atoms with van der Waals surface area (Å²) < 4.78 is 25.3. The molecular formula is C17H22N2O3S2. The van der Waals surface area contributed by atoms with Crippen molar-refractivity contribution in [3.8, 4) is 0 Å². The number of sulfonamides is 1. The molecule has 1 unspecified atom stereocenters. The molecule has 0 bridgehead atoms. The summed E-state index contributed by atoms with van der Waals surface area (Å²) in [5, 5.41) is 4.94. The van der Waals surface area contributed by atoms with Gasteiger partial charge in [-0.05, 0) is 42.5 Å². The maximum atomic E-state index is 12.0. The number of rotatable bonds is 7. The van der Waals surface area contributed by atoms with Gasteiger partial charge < -0.3 is 5.32 Å². The quantitative estimate of drug-likeness (QED) is 0.819. The van der Waals surface area contributed by atoms with Gasteiger partial charge >= 0.3 is 0 Å². The number of nitrogens with zero attached hydrogens (tertiary/aromatic N) is 1. The Morgan fingerprint density at radius 3 is 2.42 bits per heavy atom. The zero-order chi connectivity index (χ0) is 17.7. The van der Waals surface area contributed by atoms with Gasteiger partial charge in [-0.15, -0.1) is 11.3 Å². The van der Waals surface area contributed by atoms with E-state index in [1.54, 1.807) is 35.6 Å². The first-order valence-electron chi connectivity index (χ1n) is 7.65. The molecule has 0 fully saturated rings. The minimum atomic E-state index is -3.43. The highest BCUT2D eigenvalue weighted by molar-refractivity contribution is 7.89. The van der Waals surface area contributed by atoms with Gasteiger partial charge in [-0.1, -0.05) is 18.2 Å². The van der Waals surface area contributed by atoms with E-state index >= 15 is 0 Å². The number of carbonyl (C=O) groups is 1. The van der Waals surface area contributed by atoms with Gasteiger partial charge in [0.15, 0.2) is 0 Å². The topological polar surface area (TPSA) is 66.5 Å². The zero-order valence-corrected chi connectivity index (χ0v) is 15.7. The molecule has 0 spiro atoms. The second kappa shape index (κ2) is 7.92. The molecule has 0 saturated carbocycles. The standard InChI is InChI=1S/C17H22N2O3S2/c1-13(18-17(20)11-8-15-5-4-12-23-15)14-6-9-16(10-7-14)24(21,22)19(2)3/h4-7,9-10,12-13H,8,11H2,1-3H3,(H,18,20). The van der Waals surface area contributed by atoms with Crippen molar-refractivity contribution in [2.45, 2.75) is 30.7 Å². The molecule has 1 aromatic carbocycles. The Bertz CT molecular complexity index is 767. The summed E-state index contributed by atoms with van der Waals surface area (Å²) in [5.41, 5.74) is 0.872. The SMILES string of the molecule is CC(NC(=O)CCc1cccs1)c1ccc(S(=O)(=O)N(C)C)cc1. The summed E-state index contributed by atoms with van der Waals surface area (Å²) in [6.45, 7) is 1.89. The second-order valence-corrected chi connectivity index (χ2v) is 8.91. The maximum Gasteiger partial charge on any atom is 0.242 e. The average Bonchev–Trinajstić information content (AvgIpc) is 3.06. The fourth-order valence-corrected chi connectivity index (χ4v) is 3.84. The molecular weight excluding hydrogens is 344 g/mol. The Balaban J connectivity index is 1.95. The van der Waals surface area contributed by atoms with Crippen LogP contribution in [0.15, 0.2) is 46.7 Å². The number of aryl methyl sites for hydroxylation is 1. The largest absolute Gasteiger partial charge is 0.350 e. The van der Waals surface area contributed by atoms with Crippen LogP contribution in [-0.2, 0) is 21.2 Å². The number of hydrogen-bond donors (Lipinski definition) is 1. The Morgan fingerprint density at radius 2 is 1.88 bits per heavy atom. The molecule has 0 radical (unpaired) electrons. The van der Waals surface area contributed by atoms with Crippen molar-refractivity contribution in [3.63, 3.8) is 0 Å². The predicted molar refractivity (Wildman–Crippen MR) is 96.5 cm³/mol. The molecule has 0 aliphatic carbocycles. The summed E-state index contributed by atoms with van der Waals surface area (Å²) in [6.07, 6.45) is 1.17. The number of amides is 1. The highest BCUT2D eigenvalue weighted by Gasteiger charge is 2.17. The van der Waals surface area contributed by atoms with Gasteiger partial charge in [0.1, 0.15) is 0 Å². The lowest BCUT2D eigenvalue weighted by molar-refractivity contribution is -0.121.